The Kier molecular flexibility index (Phi) is 10.6. The summed E-state index contributed by atoms with van der Waals surface area (Å²) in [7, 11) is -3.53. The summed E-state index contributed by atoms with van der Waals surface area (Å²) in [6, 6.07) is 13.7. The number of rotatable bonds is 12. The van der Waals surface area contributed by atoms with Gasteiger partial charge >= 0.3 is 0 Å². The molecule has 2 aromatic rings. The first-order valence-corrected chi connectivity index (χ1v) is 14.0. The Morgan fingerprint density at radius 2 is 1.74 bits per heavy atom. The van der Waals surface area contributed by atoms with Crippen LogP contribution in [0, 0.1) is 12.8 Å². The van der Waals surface area contributed by atoms with Crippen molar-refractivity contribution in [3.05, 3.63) is 64.7 Å². The molecule has 7 nitrogen and oxygen atoms in total. The van der Waals surface area contributed by atoms with E-state index in [-0.39, 0.29) is 37.2 Å². The predicted molar refractivity (Wildman–Crippen MR) is 142 cm³/mol. The molecule has 0 heterocycles. The zero-order valence-corrected chi connectivity index (χ0v) is 22.7. The summed E-state index contributed by atoms with van der Waals surface area (Å²) < 4.78 is 26.2. The molecule has 0 saturated carbocycles. The van der Waals surface area contributed by atoms with Gasteiger partial charge in [-0.05, 0) is 55.5 Å². The van der Waals surface area contributed by atoms with Gasteiger partial charge in [0, 0.05) is 31.1 Å². The van der Waals surface area contributed by atoms with E-state index in [2.05, 4.69) is 5.32 Å². The minimum atomic E-state index is -3.53. The maximum atomic E-state index is 13.3. The van der Waals surface area contributed by atoms with Crippen LogP contribution in [0.1, 0.15) is 44.7 Å². The van der Waals surface area contributed by atoms with E-state index in [0.29, 0.717) is 23.7 Å². The number of nitrogens with zero attached hydrogens (tertiary/aromatic N) is 2. The molecule has 0 aromatic heterocycles. The van der Waals surface area contributed by atoms with Crippen molar-refractivity contribution >= 4 is 39.1 Å². The van der Waals surface area contributed by atoms with Crippen LogP contribution in [0.15, 0.2) is 48.5 Å². The molecule has 0 aliphatic carbocycles. The number of hydrogen-bond donors (Lipinski definition) is 1. The van der Waals surface area contributed by atoms with Gasteiger partial charge < -0.3 is 10.2 Å². The Morgan fingerprint density at radius 1 is 1.06 bits per heavy atom. The highest BCUT2D eigenvalue weighted by Crippen LogP contribution is 2.23. The van der Waals surface area contributed by atoms with Gasteiger partial charge in [-0.1, -0.05) is 55.8 Å². The third-order valence-electron chi connectivity index (χ3n) is 5.63. The van der Waals surface area contributed by atoms with Crippen LogP contribution in [-0.2, 0) is 26.2 Å². The molecule has 0 bridgehead atoms. The molecule has 0 saturated heterocycles. The van der Waals surface area contributed by atoms with Gasteiger partial charge in [0.15, 0.2) is 0 Å². The van der Waals surface area contributed by atoms with E-state index in [1.54, 1.807) is 37.3 Å². The molecular formula is C26H36ClN3O4S. The van der Waals surface area contributed by atoms with Crippen LogP contribution in [-0.4, -0.2) is 50.5 Å². The molecule has 192 valence electrons. The fourth-order valence-electron chi connectivity index (χ4n) is 3.69. The normalized spacial score (nSPS) is 12.3. The SMILES string of the molecule is Cc1ccccc1N(CCCC(=O)N(Cc1cccc(Cl)c1)C(C)C(=O)NCC(C)C)S(C)(=O)=O. The zero-order chi connectivity index (χ0) is 26.2. The Hall–Kier alpha value is -2.58. The van der Waals surface area contributed by atoms with Crippen molar-refractivity contribution in [2.75, 3.05) is 23.7 Å². The molecular weight excluding hydrogens is 486 g/mol. The zero-order valence-electron chi connectivity index (χ0n) is 21.1. The van der Waals surface area contributed by atoms with Crippen molar-refractivity contribution in [2.24, 2.45) is 5.92 Å². The molecule has 0 aliphatic heterocycles. The van der Waals surface area contributed by atoms with Gasteiger partial charge in [-0.15, -0.1) is 0 Å². The maximum Gasteiger partial charge on any atom is 0.242 e. The average molecular weight is 522 g/mol. The number of anilines is 1. The summed E-state index contributed by atoms with van der Waals surface area (Å²) in [5.41, 5.74) is 2.24. The highest BCUT2D eigenvalue weighted by Gasteiger charge is 2.27. The van der Waals surface area contributed by atoms with Crippen LogP contribution < -0.4 is 9.62 Å². The number of amides is 2. The van der Waals surface area contributed by atoms with Crippen molar-refractivity contribution in [3.8, 4) is 0 Å². The Labute approximate surface area is 214 Å². The van der Waals surface area contributed by atoms with E-state index in [4.69, 9.17) is 11.6 Å². The van der Waals surface area contributed by atoms with E-state index in [1.807, 2.05) is 39.0 Å². The molecule has 0 radical (unpaired) electrons. The lowest BCUT2D eigenvalue weighted by molar-refractivity contribution is -0.140. The topological polar surface area (TPSA) is 86.8 Å². The third kappa shape index (κ3) is 8.85. The smallest absolute Gasteiger partial charge is 0.242 e. The van der Waals surface area contributed by atoms with Gasteiger partial charge in [-0.2, -0.15) is 0 Å². The summed E-state index contributed by atoms with van der Waals surface area (Å²) in [4.78, 5) is 27.6. The molecule has 1 unspecified atom stereocenters. The van der Waals surface area contributed by atoms with Gasteiger partial charge in [0.2, 0.25) is 21.8 Å². The van der Waals surface area contributed by atoms with Crippen LogP contribution in [0.5, 0.6) is 0 Å². The summed E-state index contributed by atoms with van der Waals surface area (Å²) in [6.45, 7) is 8.46. The minimum Gasteiger partial charge on any atom is -0.354 e. The molecule has 2 amide bonds. The minimum absolute atomic E-state index is 0.0975. The van der Waals surface area contributed by atoms with E-state index in [0.717, 1.165) is 17.4 Å². The first kappa shape index (κ1) is 28.7. The lowest BCUT2D eigenvalue weighted by Crippen LogP contribution is -2.48. The highest BCUT2D eigenvalue weighted by atomic mass is 35.5. The number of halogens is 1. The van der Waals surface area contributed by atoms with Gasteiger partial charge in [0.25, 0.3) is 0 Å². The van der Waals surface area contributed by atoms with Crippen molar-refractivity contribution in [2.45, 2.75) is 53.1 Å². The fraction of sp³-hybridized carbons (Fsp3) is 0.462. The molecule has 0 fully saturated rings. The first-order valence-electron chi connectivity index (χ1n) is 11.7. The van der Waals surface area contributed by atoms with Crippen LogP contribution in [0.3, 0.4) is 0 Å². The molecule has 2 aromatic carbocycles. The molecule has 35 heavy (non-hydrogen) atoms. The molecule has 0 aliphatic rings. The number of carbonyl (C=O) groups is 2. The van der Waals surface area contributed by atoms with Crippen LogP contribution in [0.4, 0.5) is 5.69 Å². The van der Waals surface area contributed by atoms with Crippen LogP contribution >= 0.6 is 11.6 Å². The lowest BCUT2D eigenvalue weighted by atomic mass is 10.1. The summed E-state index contributed by atoms with van der Waals surface area (Å²) in [5, 5.41) is 3.44. The van der Waals surface area contributed by atoms with E-state index >= 15 is 0 Å². The number of para-hydroxylation sites is 1. The molecule has 1 atom stereocenters. The van der Waals surface area contributed by atoms with Crippen molar-refractivity contribution in [3.63, 3.8) is 0 Å². The number of carbonyl (C=O) groups excluding carboxylic acids is 2. The molecule has 2 rings (SSSR count). The summed E-state index contributed by atoms with van der Waals surface area (Å²) in [6.07, 6.45) is 1.57. The summed E-state index contributed by atoms with van der Waals surface area (Å²) in [5.74, 6) is -0.172. The second-order valence-corrected chi connectivity index (χ2v) is 11.5. The quantitative estimate of drug-likeness (QED) is 0.449. The third-order valence-corrected chi connectivity index (χ3v) is 7.05. The van der Waals surface area contributed by atoms with Gasteiger partial charge in [0.05, 0.1) is 11.9 Å². The van der Waals surface area contributed by atoms with Gasteiger partial charge in [-0.25, -0.2) is 8.42 Å². The largest absolute Gasteiger partial charge is 0.354 e. The number of aryl methyl sites for hydroxylation is 1. The number of nitrogens with one attached hydrogen (secondary N) is 1. The standard InChI is InChI=1S/C26H36ClN3O4S/c1-19(2)17-28-26(32)21(4)29(18-22-11-8-12-23(27)16-22)25(31)14-9-15-30(35(5,33)34)24-13-7-6-10-20(24)3/h6-8,10-13,16,19,21H,9,14-15,17-18H2,1-5H3,(H,28,32). The van der Waals surface area contributed by atoms with Crippen LogP contribution in [0.25, 0.3) is 0 Å². The predicted octanol–water partition coefficient (Wildman–Crippen LogP) is 4.38. The number of sulfonamides is 1. The van der Waals surface area contributed by atoms with Gasteiger partial charge in [-0.3, -0.25) is 13.9 Å². The highest BCUT2D eigenvalue weighted by molar-refractivity contribution is 7.92. The van der Waals surface area contributed by atoms with E-state index in [9.17, 15) is 18.0 Å². The van der Waals surface area contributed by atoms with Crippen molar-refractivity contribution < 1.29 is 18.0 Å². The Bertz CT molecular complexity index is 1120. The number of hydrogen-bond acceptors (Lipinski definition) is 4. The van der Waals surface area contributed by atoms with E-state index < -0.39 is 16.1 Å². The lowest BCUT2D eigenvalue weighted by Gasteiger charge is -2.30. The molecule has 0 spiro atoms. The molecule has 9 heteroatoms. The summed E-state index contributed by atoms with van der Waals surface area (Å²) >= 11 is 6.12. The molecule has 1 N–H and O–H groups in total. The average Bonchev–Trinajstić information content (AvgIpc) is 2.78. The fourth-order valence-corrected chi connectivity index (χ4v) is 4.93. The monoisotopic (exact) mass is 521 g/mol. The van der Waals surface area contributed by atoms with E-state index in [1.165, 1.54) is 9.21 Å². The van der Waals surface area contributed by atoms with Crippen LogP contribution in [0.2, 0.25) is 5.02 Å². The van der Waals surface area contributed by atoms with Crippen molar-refractivity contribution in [1.82, 2.24) is 10.2 Å². The second kappa shape index (κ2) is 12.9. The maximum absolute atomic E-state index is 13.3. The Morgan fingerprint density at radius 3 is 2.34 bits per heavy atom. The van der Waals surface area contributed by atoms with Crippen molar-refractivity contribution in [1.29, 1.82) is 0 Å². The number of benzene rings is 2. The Balaban J connectivity index is 2.17. The second-order valence-electron chi connectivity index (χ2n) is 9.19. The van der Waals surface area contributed by atoms with Gasteiger partial charge in [0.1, 0.15) is 6.04 Å². The first-order chi connectivity index (χ1) is 16.4.